The molecule has 0 amide bonds. The van der Waals surface area contributed by atoms with Crippen LogP contribution in [0.15, 0.2) is 48.2 Å². The van der Waals surface area contributed by atoms with Crippen LogP contribution in [0.5, 0.6) is 0 Å². The third-order valence-corrected chi connectivity index (χ3v) is 6.17. The molecule has 28 heavy (non-hydrogen) atoms. The first-order chi connectivity index (χ1) is 13.6. The second-order valence-corrected chi connectivity index (χ2v) is 7.94. The van der Waals surface area contributed by atoms with Gasteiger partial charge in [-0.25, -0.2) is 4.39 Å². The van der Waals surface area contributed by atoms with E-state index in [1.807, 2.05) is 31.5 Å². The van der Waals surface area contributed by atoms with Gasteiger partial charge in [0.2, 0.25) is 0 Å². The zero-order valence-electron chi connectivity index (χ0n) is 15.5. The molecule has 4 aromatic rings. The summed E-state index contributed by atoms with van der Waals surface area (Å²) in [5, 5.41) is 10.5. The van der Waals surface area contributed by atoms with Crippen LogP contribution < -0.4 is 0 Å². The highest BCUT2D eigenvalue weighted by atomic mass is 32.1. The summed E-state index contributed by atoms with van der Waals surface area (Å²) in [7, 11) is 0. The molecular formula is C21H18FN5S. The lowest BCUT2D eigenvalue weighted by atomic mass is 10.1. The van der Waals surface area contributed by atoms with Crippen LogP contribution in [0.4, 0.5) is 4.39 Å². The minimum atomic E-state index is -0.363. The zero-order valence-corrected chi connectivity index (χ0v) is 16.3. The van der Waals surface area contributed by atoms with Gasteiger partial charge in [-0.15, -0.1) is 21.5 Å². The normalized spacial score (nSPS) is 14.5. The molecule has 1 aliphatic rings. The SMILES string of the molecule is Cc1csc(-c2cc(F)c3nnc([C@H](C)N4C=Cc5ncccc5C4)n3c2)c1. The van der Waals surface area contributed by atoms with Crippen LogP contribution in [0.2, 0.25) is 0 Å². The highest BCUT2D eigenvalue weighted by molar-refractivity contribution is 7.13. The third-order valence-electron chi connectivity index (χ3n) is 5.08. The van der Waals surface area contributed by atoms with Crippen molar-refractivity contribution in [1.82, 2.24) is 24.5 Å². The van der Waals surface area contributed by atoms with Crippen LogP contribution in [-0.2, 0) is 6.54 Å². The summed E-state index contributed by atoms with van der Waals surface area (Å²) in [5.74, 6) is 0.347. The number of aryl methyl sites for hydroxylation is 1. The van der Waals surface area contributed by atoms with Gasteiger partial charge >= 0.3 is 0 Å². The van der Waals surface area contributed by atoms with Crippen molar-refractivity contribution < 1.29 is 4.39 Å². The molecule has 0 N–H and O–H groups in total. The Morgan fingerprint density at radius 1 is 1.25 bits per heavy atom. The molecule has 1 atom stereocenters. The molecule has 5 heterocycles. The molecule has 5 rings (SSSR count). The second-order valence-electron chi connectivity index (χ2n) is 7.03. The maximum Gasteiger partial charge on any atom is 0.197 e. The molecule has 0 aromatic carbocycles. The molecule has 0 radical (unpaired) electrons. The average molecular weight is 391 g/mol. The number of hydrogen-bond acceptors (Lipinski definition) is 5. The van der Waals surface area contributed by atoms with E-state index in [9.17, 15) is 4.39 Å². The average Bonchev–Trinajstić information content (AvgIpc) is 3.33. The number of aromatic nitrogens is 4. The van der Waals surface area contributed by atoms with Crippen molar-refractivity contribution in [3.05, 3.63) is 76.7 Å². The summed E-state index contributed by atoms with van der Waals surface area (Å²) in [4.78, 5) is 7.59. The fraction of sp³-hybridized carbons (Fsp3) is 0.190. The number of rotatable bonds is 3. The van der Waals surface area contributed by atoms with E-state index in [-0.39, 0.29) is 17.5 Å². The van der Waals surface area contributed by atoms with Gasteiger partial charge in [0.25, 0.3) is 0 Å². The van der Waals surface area contributed by atoms with Gasteiger partial charge in [0.1, 0.15) is 0 Å². The number of nitrogens with zero attached hydrogens (tertiary/aromatic N) is 5. The molecule has 0 bridgehead atoms. The van der Waals surface area contributed by atoms with Crippen molar-refractivity contribution in [3.63, 3.8) is 0 Å². The fourth-order valence-corrected chi connectivity index (χ4v) is 4.42. The quantitative estimate of drug-likeness (QED) is 0.501. The molecule has 1 aliphatic heterocycles. The van der Waals surface area contributed by atoms with Crippen LogP contribution >= 0.6 is 11.3 Å². The first-order valence-electron chi connectivity index (χ1n) is 9.07. The van der Waals surface area contributed by atoms with E-state index in [4.69, 9.17) is 0 Å². The van der Waals surface area contributed by atoms with E-state index in [2.05, 4.69) is 44.5 Å². The molecule has 4 aromatic heterocycles. The predicted molar refractivity (Wildman–Crippen MR) is 108 cm³/mol. The molecule has 0 unspecified atom stereocenters. The Hall–Kier alpha value is -3.06. The lowest BCUT2D eigenvalue weighted by molar-refractivity contribution is 0.276. The topological polar surface area (TPSA) is 46.3 Å². The predicted octanol–water partition coefficient (Wildman–Crippen LogP) is 4.85. The molecule has 0 spiro atoms. The molecule has 140 valence electrons. The molecule has 0 saturated heterocycles. The van der Waals surface area contributed by atoms with Crippen LogP contribution in [0.25, 0.3) is 22.2 Å². The van der Waals surface area contributed by atoms with E-state index in [1.54, 1.807) is 21.9 Å². The Kier molecular flexibility index (Phi) is 3.98. The minimum Gasteiger partial charge on any atom is -0.363 e. The lowest BCUT2D eigenvalue weighted by Crippen LogP contribution is -2.25. The van der Waals surface area contributed by atoms with Crippen molar-refractivity contribution >= 4 is 23.1 Å². The van der Waals surface area contributed by atoms with Crippen LogP contribution in [0, 0.1) is 12.7 Å². The van der Waals surface area contributed by atoms with Gasteiger partial charge in [0.15, 0.2) is 17.3 Å². The highest BCUT2D eigenvalue weighted by Crippen LogP contribution is 2.31. The summed E-state index contributed by atoms with van der Waals surface area (Å²) < 4.78 is 16.5. The van der Waals surface area contributed by atoms with Gasteiger partial charge in [0.05, 0.1) is 11.7 Å². The first kappa shape index (κ1) is 17.1. The molecule has 0 fully saturated rings. The summed E-state index contributed by atoms with van der Waals surface area (Å²) in [5.41, 5.74) is 4.40. The zero-order chi connectivity index (χ0) is 19.3. The van der Waals surface area contributed by atoms with Crippen molar-refractivity contribution in [2.24, 2.45) is 0 Å². The Bertz CT molecular complexity index is 1210. The van der Waals surface area contributed by atoms with Crippen molar-refractivity contribution in [2.75, 3.05) is 0 Å². The standard InChI is InChI=1S/C21H18FN5S/c1-13-8-19(28-12-13)16-9-17(22)21-25-24-20(27(21)11-16)14(2)26-7-5-18-15(10-26)4-3-6-23-18/h3-9,11-12,14H,10H2,1-2H3/t14-/m0/s1. The number of hydrogen-bond donors (Lipinski definition) is 0. The van der Waals surface area contributed by atoms with Gasteiger partial charge in [-0.2, -0.15) is 0 Å². The molecule has 7 heteroatoms. The molecule has 0 saturated carbocycles. The Balaban J connectivity index is 1.55. The Morgan fingerprint density at radius 3 is 2.96 bits per heavy atom. The van der Waals surface area contributed by atoms with Crippen molar-refractivity contribution in [3.8, 4) is 10.4 Å². The lowest BCUT2D eigenvalue weighted by Gasteiger charge is -2.29. The van der Waals surface area contributed by atoms with Gasteiger partial charge in [-0.3, -0.25) is 9.38 Å². The van der Waals surface area contributed by atoms with Crippen LogP contribution in [-0.4, -0.2) is 24.5 Å². The van der Waals surface area contributed by atoms with Gasteiger partial charge in [0, 0.05) is 35.6 Å². The Labute approximate surface area is 165 Å². The summed E-state index contributed by atoms with van der Waals surface area (Å²) >= 11 is 1.61. The molecule has 5 nitrogen and oxygen atoms in total. The third kappa shape index (κ3) is 2.79. The Morgan fingerprint density at radius 2 is 2.14 bits per heavy atom. The van der Waals surface area contributed by atoms with E-state index in [0.717, 1.165) is 28.2 Å². The van der Waals surface area contributed by atoms with E-state index in [0.29, 0.717) is 5.82 Å². The minimum absolute atomic E-state index is 0.0701. The van der Waals surface area contributed by atoms with E-state index < -0.39 is 0 Å². The smallest absolute Gasteiger partial charge is 0.197 e. The monoisotopic (exact) mass is 391 g/mol. The maximum atomic E-state index is 14.7. The van der Waals surface area contributed by atoms with Crippen LogP contribution in [0.3, 0.4) is 0 Å². The first-order valence-corrected chi connectivity index (χ1v) is 9.95. The van der Waals surface area contributed by atoms with Gasteiger partial charge < -0.3 is 4.90 Å². The fourth-order valence-electron chi connectivity index (χ4n) is 3.54. The summed E-state index contributed by atoms with van der Waals surface area (Å²) in [6, 6.07) is 7.55. The maximum absolute atomic E-state index is 14.7. The second kappa shape index (κ2) is 6.53. The molecule has 0 aliphatic carbocycles. The summed E-state index contributed by atoms with van der Waals surface area (Å²) in [6.45, 7) is 4.82. The van der Waals surface area contributed by atoms with Gasteiger partial charge in [-0.1, -0.05) is 6.07 Å². The van der Waals surface area contributed by atoms with E-state index in [1.165, 1.54) is 11.6 Å². The highest BCUT2D eigenvalue weighted by Gasteiger charge is 2.23. The number of pyridine rings is 2. The largest absolute Gasteiger partial charge is 0.363 e. The van der Waals surface area contributed by atoms with E-state index >= 15 is 0 Å². The number of halogens is 1. The molecular weight excluding hydrogens is 373 g/mol. The van der Waals surface area contributed by atoms with Crippen molar-refractivity contribution in [1.29, 1.82) is 0 Å². The van der Waals surface area contributed by atoms with Crippen molar-refractivity contribution in [2.45, 2.75) is 26.4 Å². The van der Waals surface area contributed by atoms with Gasteiger partial charge in [-0.05, 0) is 54.6 Å². The van der Waals surface area contributed by atoms with Crippen LogP contribution in [0.1, 0.15) is 35.6 Å². The summed E-state index contributed by atoms with van der Waals surface area (Å²) in [6.07, 6.45) is 7.74. The number of thiophene rings is 1. The number of fused-ring (bicyclic) bond motifs is 2.